The van der Waals surface area contributed by atoms with Gasteiger partial charge in [0.1, 0.15) is 5.60 Å². The lowest BCUT2D eigenvalue weighted by Crippen LogP contribution is -2.52. The first-order chi connectivity index (χ1) is 7.70. The number of piperidine rings is 1. The molecule has 1 aliphatic heterocycles. The van der Waals surface area contributed by atoms with Gasteiger partial charge in [0.25, 0.3) is 0 Å². The highest BCUT2D eigenvalue weighted by Crippen LogP contribution is 2.27. The summed E-state index contributed by atoms with van der Waals surface area (Å²) in [6.07, 6.45) is 1.99. The Morgan fingerprint density at radius 2 is 1.88 bits per heavy atom. The predicted molar refractivity (Wildman–Crippen MR) is 69.8 cm³/mol. The maximum absolute atomic E-state index is 12.2. The quantitative estimate of drug-likeness (QED) is 0.755. The summed E-state index contributed by atoms with van der Waals surface area (Å²) >= 11 is 0. The normalized spacial score (nSPS) is 30.4. The van der Waals surface area contributed by atoms with E-state index in [0.29, 0.717) is 12.0 Å². The van der Waals surface area contributed by atoms with Crippen molar-refractivity contribution >= 4 is 5.97 Å². The molecule has 0 radical (unpaired) electrons. The van der Waals surface area contributed by atoms with Gasteiger partial charge in [0.15, 0.2) is 0 Å². The summed E-state index contributed by atoms with van der Waals surface area (Å²) in [6.45, 7) is 12.3. The maximum atomic E-state index is 12.2. The van der Waals surface area contributed by atoms with Gasteiger partial charge in [-0.2, -0.15) is 0 Å². The Bertz CT molecular complexity index is 268. The van der Waals surface area contributed by atoms with Gasteiger partial charge in [0.05, 0.1) is 5.92 Å². The molecule has 100 valence electrons. The van der Waals surface area contributed by atoms with Crippen LogP contribution in [0, 0.1) is 11.8 Å². The lowest BCUT2D eigenvalue weighted by Gasteiger charge is -2.38. The molecule has 0 aromatic carbocycles. The van der Waals surface area contributed by atoms with Crippen LogP contribution in [0.2, 0.25) is 0 Å². The highest BCUT2D eigenvalue weighted by molar-refractivity contribution is 5.74. The van der Waals surface area contributed by atoms with Gasteiger partial charge in [0, 0.05) is 12.1 Å². The van der Waals surface area contributed by atoms with Gasteiger partial charge in [-0.1, -0.05) is 13.8 Å². The maximum Gasteiger partial charge on any atom is 0.311 e. The van der Waals surface area contributed by atoms with Crippen LogP contribution in [0.5, 0.6) is 0 Å². The van der Waals surface area contributed by atoms with E-state index in [0.717, 1.165) is 12.8 Å². The number of esters is 1. The van der Waals surface area contributed by atoms with Crippen LogP contribution >= 0.6 is 0 Å². The molecule has 3 heteroatoms. The van der Waals surface area contributed by atoms with Crippen LogP contribution in [0.25, 0.3) is 0 Å². The minimum absolute atomic E-state index is 0.00502. The second-order valence-corrected chi connectivity index (χ2v) is 6.55. The minimum atomic E-state index is -0.387. The number of ether oxygens (including phenoxy) is 1. The molecule has 1 saturated heterocycles. The summed E-state index contributed by atoms with van der Waals surface area (Å²) in [5, 5.41) is 3.53. The summed E-state index contributed by atoms with van der Waals surface area (Å²) in [7, 11) is 0. The lowest BCUT2D eigenvalue weighted by atomic mass is 9.82. The number of hydrogen-bond acceptors (Lipinski definition) is 3. The van der Waals surface area contributed by atoms with Gasteiger partial charge in [0.2, 0.25) is 0 Å². The Kier molecular flexibility index (Phi) is 4.59. The van der Waals surface area contributed by atoms with Crippen LogP contribution in [0.1, 0.15) is 54.4 Å². The summed E-state index contributed by atoms with van der Waals surface area (Å²) in [5.74, 6) is 0.413. The van der Waals surface area contributed by atoms with E-state index in [1.807, 2.05) is 20.8 Å². The van der Waals surface area contributed by atoms with Gasteiger partial charge >= 0.3 is 5.97 Å². The average Bonchev–Trinajstić information content (AvgIpc) is 2.14. The Labute approximate surface area is 105 Å². The van der Waals surface area contributed by atoms with Gasteiger partial charge in [-0.15, -0.1) is 0 Å². The largest absolute Gasteiger partial charge is 0.460 e. The van der Waals surface area contributed by atoms with Gasteiger partial charge in [-0.05, 0) is 46.5 Å². The van der Waals surface area contributed by atoms with E-state index in [-0.39, 0.29) is 23.5 Å². The van der Waals surface area contributed by atoms with E-state index < -0.39 is 0 Å². The number of carbonyl (C=O) groups is 1. The molecule has 0 aromatic heterocycles. The second-order valence-electron chi connectivity index (χ2n) is 6.55. The molecule has 3 unspecified atom stereocenters. The summed E-state index contributed by atoms with van der Waals surface area (Å²) in [6, 6.07) is 0.745. The van der Waals surface area contributed by atoms with Gasteiger partial charge in [-0.25, -0.2) is 0 Å². The standard InChI is InChI=1S/C14H27NO2/c1-9(2)12-11(8-7-10(3)15-12)13(16)17-14(4,5)6/h9-12,15H,7-8H2,1-6H3. The van der Waals surface area contributed by atoms with Crippen molar-refractivity contribution in [1.82, 2.24) is 5.32 Å². The molecule has 1 fully saturated rings. The Morgan fingerprint density at radius 1 is 1.29 bits per heavy atom. The predicted octanol–water partition coefficient (Wildman–Crippen LogP) is 2.74. The van der Waals surface area contributed by atoms with Crippen LogP contribution in [0.3, 0.4) is 0 Å². The van der Waals surface area contributed by atoms with Crippen molar-refractivity contribution in [2.24, 2.45) is 11.8 Å². The zero-order chi connectivity index (χ0) is 13.2. The zero-order valence-electron chi connectivity index (χ0n) is 12.0. The fourth-order valence-electron chi connectivity index (χ4n) is 2.44. The fourth-order valence-corrected chi connectivity index (χ4v) is 2.44. The third-order valence-electron chi connectivity index (χ3n) is 3.25. The molecule has 0 aromatic rings. The SMILES string of the molecule is CC1CCC(C(=O)OC(C)(C)C)C(C(C)C)N1. The van der Waals surface area contributed by atoms with Crippen LogP contribution in [-0.4, -0.2) is 23.7 Å². The Hall–Kier alpha value is -0.570. The molecule has 1 heterocycles. The zero-order valence-corrected chi connectivity index (χ0v) is 12.0. The second kappa shape index (κ2) is 5.38. The Balaban J connectivity index is 2.70. The fraction of sp³-hybridized carbons (Fsp3) is 0.929. The van der Waals surface area contributed by atoms with Crippen LogP contribution in [-0.2, 0) is 9.53 Å². The van der Waals surface area contributed by atoms with Crippen LogP contribution < -0.4 is 5.32 Å². The number of nitrogens with one attached hydrogen (secondary N) is 1. The molecule has 1 N–H and O–H groups in total. The summed E-state index contributed by atoms with van der Waals surface area (Å²) in [4.78, 5) is 12.2. The van der Waals surface area contributed by atoms with Crippen molar-refractivity contribution in [3.8, 4) is 0 Å². The van der Waals surface area contributed by atoms with Crippen molar-refractivity contribution in [1.29, 1.82) is 0 Å². The van der Waals surface area contributed by atoms with Crippen molar-refractivity contribution in [2.45, 2.75) is 72.1 Å². The molecule has 0 amide bonds. The summed E-state index contributed by atoms with van der Waals surface area (Å²) in [5.41, 5.74) is -0.387. The average molecular weight is 241 g/mol. The van der Waals surface area contributed by atoms with E-state index in [9.17, 15) is 4.79 Å². The molecule has 3 atom stereocenters. The van der Waals surface area contributed by atoms with E-state index >= 15 is 0 Å². The number of hydrogen-bond donors (Lipinski definition) is 1. The molecule has 0 saturated carbocycles. The highest BCUT2D eigenvalue weighted by atomic mass is 16.6. The minimum Gasteiger partial charge on any atom is -0.460 e. The van der Waals surface area contributed by atoms with Crippen LogP contribution in [0.4, 0.5) is 0 Å². The molecule has 0 spiro atoms. The monoisotopic (exact) mass is 241 g/mol. The Morgan fingerprint density at radius 3 is 2.35 bits per heavy atom. The molecular formula is C14H27NO2. The molecule has 1 rings (SSSR count). The third kappa shape index (κ3) is 4.30. The van der Waals surface area contributed by atoms with Crippen molar-refractivity contribution in [3.05, 3.63) is 0 Å². The molecular weight excluding hydrogens is 214 g/mol. The summed E-state index contributed by atoms with van der Waals surface area (Å²) < 4.78 is 5.51. The first-order valence-electron chi connectivity index (χ1n) is 6.69. The van der Waals surface area contributed by atoms with Gasteiger partial charge < -0.3 is 10.1 Å². The van der Waals surface area contributed by atoms with Crippen molar-refractivity contribution in [2.75, 3.05) is 0 Å². The molecule has 3 nitrogen and oxygen atoms in total. The lowest BCUT2D eigenvalue weighted by molar-refractivity contribution is -0.163. The topological polar surface area (TPSA) is 38.3 Å². The van der Waals surface area contributed by atoms with E-state index in [4.69, 9.17) is 4.74 Å². The van der Waals surface area contributed by atoms with Crippen molar-refractivity contribution in [3.63, 3.8) is 0 Å². The first-order valence-corrected chi connectivity index (χ1v) is 6.69. The van der Waals surface area contributed by atoms with E-state index in [2.05, 4.69) is 26.1 Å². The third-order valence-corrected chi connectivity index (χ3v) is 3.25. The molecule has 17 heavy (non-hydrogen) atoms. The van der Waals surface area contributed by atoms with Crippen molar-refractivity contribution < 1.29 is 9.53 Å². The number of carbonyl (C=O) groups excluding carboxylic acids is 1. The van der Waals surface area contributed by atoms with Gasteiger partial charge in [-0.3, -0.25) is 4.79 Å². The number of rotatable bonds is 2. The van der Waals surface area contributed by atoms with Crippen LogP contribution in [0.15, 0.2) is 0 Å². The first kappa shape index (κ1) is 14.5. The van der Waals surface area contributed by atoms with E-state index in [1.54, 1.807) is 0 Å². The highest BCUT2D eigenvalue weighted by Gasteiger charge is 2.37. The molecule has 0 bridgehead atoms. The molecule has 1 aliphatic rings. The smallest absolute Gasteiger partial charge is 0.311 e. The van der Waals surface area contributed by atoms with E-state index in [1.165, 1.54) is 0 Å². The molecule has 0 aliphatic carbocycles.